The molecule has 3 N–H and O–H groups in total. The number of nitrogens with one attached hydrogen (secondary N) is 1. The van der Waals surface area contributed by atoms with Crippen LogP contribution in [0.1, 0.15) is 32.6 Å². The Labute approximate surface area is 129 Å². The zero-order valence-electron chi connectivity index (χ0n) is 13.1. The van der Waals surface area contributed by atoms with Gasteiger partial charge in [0.1, 0.15) is 0 Å². The Morgan fingerprint density at radius 1 is 1.05 bits per heavy atom. The first kappa shape index (κ1) is 17.1. The first-order valence-corrected chi connectivity index (χ1v) is 9.66. The molecule has 7 heteroatoms. The van der Waals surface area contributed by atoms with Crippen LogP contribution in [0.4, 0.5) is 0 Å². The van der Waals surface area contributed by atoms with E-state index in [9.17, 15) is 8.42 Å². The number of rotatable bonds is 6. The van der Waals surface area contributed by atoms with E-state index in [2.05, 4.69) is 16.5 Å². The van der Waals surface area contributed by atoms with Crippen molar-refractivity contribution in [2.75, 3.05) is 45.8 Å². The lowest BCUT2D eigenvalue weighted by Gasteiger charge is -2.33. The summed E-state index contributed by atoms with van der Waals surface area (Å²) in [5.74, 6) is 0.957. The molecule has 2 fully saturated rings. The summed E-state index contributed by atoms with van der Waals surface area (Å²) in [5, 5.41) is 0. The molecule has 0 saturated carbocycles. The fraction of sp³-hybridized carbons (Fsp3) is 1.00. The van der Waals surface area contributed by atoms with Gasteiger partial charge in [0.05, 0.1) is 0 Å². The molecule has 0 aromatic heterocycles. The van der Waals surface area contributed by atoms with E-state index in [1.54, 1.807) is 4.31 Å². The van der Waals surface area contributed by atoms with Gasteiger partial charge in [0, 0.05) is 19.6 Å². The van der Waals surface area contributed by atoms with Crippen molar-refractivity contribution < 1.29 is 8.42 Å². The van der Waals surface area contributed by atoms with Crippen molar-refractivity contribution in [2.45, 2.75) is 32.6 Å². The standard InChI is InChI=1S/C14H30N4O2S/c1-2-17-7-3-14(4-8-17)12-16-21(19,20)18-9-5-13(11-15)6-10-18/h13-14,16H,2-12,15H2,1H3. The topological polar surface area (TPSA) is 78.7 Å². The number of hydrogen-bond acceptors (Lipinski definition) is 4. The maximum Gasteiger partial charge on any atom is 0.279 e. The molecule has 0 aromatic carbocycles. The quantitative estimate of drug-likeness (QED) is 0.734. The lowest BCUT2D eigenvalue weighted by molar-refractivity contribution is 0.193. The minimum absolute atomic E-state index is 0.476. The van der Waals surface area contributed by atoms with E-state index in [0.29, 0.717) is 38.0 Å². The highest BCUT2D eigenvalue weighted by molar-refractivity contribution is 7.87. The highest BCUT2D eigenvalue weighted by Crippen LogP contribution is 2.19. The Morgan fingerprint density at radius 3 is 2.14 bits per heavy atom. The maximum absolute atomic E-state index is 12.3. The summed E-state index contributed by atoms with van der Waals surface area (Å²) < 4.78 is 29.0. The van der Waals surface area contributed by atoms with Crippen LogP contribution in [-0.2, 0) is 10.2 Å². The van der Waals surface area contributed by atoms with Crippen molar-refractivity contribution in [3.8, 4) is 0 Å². The highest BCUT2D eigenvalue weighted by Gasteiger charge is 2.28. The third kappa shape index (κ3) is 4.89. The molecule has 0 unspecified atom stereocenters. The Hall–Kier alpha value is -0.210. The predicted molar refractivity (Wildman–Crippen MR) is 85.1 cm³/mol. The molecule has 0 bridgehead atoms. The number of piperidine rings is 2. The monoisotopic (exact) mass is 318 g/mol. The number of likely N-dealkylation sites (tertiary alicyclic amines) is 1. The summed E-state index contributed by atoms with van der Waals surface area (Å²) >= 11 is 0. The average molecular weight is 318 g/mol. The molecular weight excluding hydrogens is 288 g/mol. The van der Waals surface area contributed by atoms with E-state index in [0.717, 1.165) is 45.3 Å². The second-order valence-corrected chi connectivity index (χ2v) is 8.06. The zero-order chi connectivity index (χ0) is 15.3. The second kappa shape index (κ2) is 7.87. The molecule has 0 radical (unpaired) electrons. The van der Waals surface area contributed by atoms with E-state index >= 15 is 0 Å². The molecule has 0 spiro atoms. The van der Waals surface area contributed by atoms with Gasteiger partial charge in [-0.25, -0.2) is 4.72 Å². The summed E-state index contributed by atoms with van der Waals surface area (Å²) in [6, 6.07) is 0. The summed E-state index contributed by atoms with van der Waals surface area (Å²) in [4.78, 5) is 2.42. The van der Waals surface area contributed by atoms with E-state index in [1.165, 1.54) is 0 Å². The molecule has 2 saturated heterocycles. The number of hydrogen-bond donors (Lipinski definition) is 2. The van der Waals surface area contributed by atoms with Gasteiger partial charge in [0.25, 0.3) is 10.2 Å². The Kier molecular flexibility index (Phi) is 6.43. The van der Waals surface area contributed by atoms with Crippen LogP contribution >= 0.6 is 0 Å². The van der Waals surface area contributed by atoms with Crippen molar-refractivity contribution in [1.29, 1.82) is 0 Å². The molecule has 0 atom stereocenters. The Balaban J connectivity index is 1.74. The van der Waals surface area contributed by atoms with Crippen LogP contribution < -0.4 is 10.5 Å². The Bertz CT molecular complexity index is 399. The maximum atomic E-state index is 12.3. The fourth-order valence-corrected chi connectivity index (χ4v) is 4.53. The van der Waals surface area contributed by atoms with E-state index in [-0.39, 0.29) is 0 Å². The van der Waals surface area contributed by atoms with Gasteiger partial charge in [0.15, 0.2) is 0 Å². The Morgan fingerprint density at radius 2 is 1.62 bits per heavy atom. The lowest BCUT2D eigenvalue weighted by Crippen LogP contribution is -2.47. The molecule has 2 rings (SSSR count). The van der Waals surface area contributed by atoms with Crippen LogP contribution in [0, 0.1) is 11.8 Å². The molecule has 0 amide bonds. The summed E-state index contributed by atoms with van der Waals surface area (Å²) in [7, 11) is -3.30. The normalized spacial score (nSPS) is 24.5. The molecule has 0 aliphatic carbocycles. The van der Waals surface area contributed by atoms with Crippen LogP contribution in [0.2, 0.25) is 0 Å². The van der Waals surface area contributed by atoms with Crippen LogP contribution in [0.25, 0.3) is 0 Å². The lowest BCUT2D eigenvalue weighted by atomic mass is 9.97. The van der Waals surface area contributed by atoms with Gasteiger partial charge in [-0.3, -0.25) is 0 Å². The van der Waals surface area contributed by atoms with Gasteiger partial charge < -0.3 is 10.6 Å². The third-order valence-corrected chi connectivity index (χ3v) is 6.53. The second-order valence-electron chi connectivity index (χ2n) is 6.31. The number of nitrogens with zero attached hydrogens (tertiary/aromatic N) is 2. The van der Waals surface area contributed by atoms with Crippen molar-refractivity contribution in [3.05, 3.63) is 0 Å². The third-order valence-electron chi connectivity index (χ3n) is 4.96. The molecule has 124 valence electrons. The summed E-state index contributed by atoms with van der Waals surface area (Å²) in [5.41, 5.74) is 5.65. The SMILES string of the molecule is CCN1CCC(CNS(=O)(=O)N2CCC(CN)CC2)CC1. The van der Waals surface area contributed by atoms with Gasteiger partial charge >= 0.3 is 0 Å². The minimum atomic E-state index is -3.30. The minimum Gasteiger partial charge on any atom is -0.330 e. The van der Waals surface area contributed by atoms with Gasteiger partial charge in [-0.1, -0.05) is 6.92 Å². The van der Waals surface area contributed by atoms with Crippen LogP contribution in [0.15, 0.2) is 0 Å². The molecule has 21 heavy (non-hydrogen) atoms. The fourth-order valence-electron chi connectivity index (χ4n) is 3.21. The molecule has 6 nitrogen and oxygen atoms in total. The molecule has 2 aliphatic heterocycles. The largest absolute Gasteiger partial charge is 0.330 e. The van der Waals surface area contributed by atoms with E-state index < -0.39 is 10.2 Å². The smallest absolute Gasteiger partial charge is 0.279 e. The highest BCUT2D eigenvalue weighted by atomic mass is 32.2. The van der Waals surface area contributed by atoms with Crippen LogP contribution in [0.3, 0.4) is 0 Å². The predicted octanol–water partition coefficient (Wildman–Crippen LogP) is 0.223. The summed E-state index contributed by atoms with van der Waals surface area (Å²) in [6.07, 6.45) is 3.94. The van der Waals surface area contributed by atoms with Crippen molar-refractivity contribution in [3.63, 3.8) is 0 Å². The first-order chi connectivity index (χ1) is 10.0. The molecule has 2 aliphatic rings. The first-order valence-electron chi connectivity index (χ1n) is 8.22. The number of nitrogens with two attached hydrogens (primary N) is 1. The molecular formula is C14H30N4O2S. The van der Waals surface area contributed by atoms with Crippen molar-refractivity contribution >= 4 is 10.2 Å². The van der Waals surface area contributed by atoms with Gasteiger partial charge in [-0.2, -0.15) is 12.7 Å². The van der Waals surface area contributed by atoms with Crippen LogP contribution in [0.5, 0.6) is 0 Å². The van der Waals surface area contributed by atoms with Gasteiger partial charge in [-0.15, -0.1) is 0 Å². The van der Waals surface area contributed by atoms with Gasteiger partial charge in [-0.05, 0) is 63.7 Å². The van der Waals surface area contributed by atoms with Crippen molar-refractivity contribution in [2.24, 2.45) is 17.6 Å². The van der Waals surface area contributed by atoms with Crippen LogP contribution in [-0.4, -0.2) is 63.4 Å². The van der Waals surface area contributed by atoms with Crippen molar-refractivity contribution in [1.82, 2.24) is 13.9 Å². The zero-order valence-corrected chi connectivity index (χ0v) is 13.9. The summed E-state index contributed by atoms with van der Waals surface area (Å²) in [6.45, 7) is 7.89. The molecule has 0 aromatic rings. The van der Waals surface area contributed by atoms with Gasteiger partial charge in [0.2, 0.25) is 0 Å². The van der Waals surface area contributed by atoms with E-state index in [4.69, 9.17) is 5.73 Å². The van der Waals surface area contributed by atoms with E-state index in [1.807, 2.05) is 0 Å². The average Bonchev–Trinajstić information content (AvgIpc) is 2.53. The molecule has 2 heterocycles.